The van der Waals surface area contributed by atoms with Crippen LogP contribution in [0.4, 0.5) is 0 Å². The van der Waals surface area contributed by atoms with Crippen LogP contribution in [0.3, 0.4) is 0 Å². The van der Waals surface area contributed by atoms with Crippen LogP contribution in [0.2, 0.25) is 0 Å². The average molecular weight is 339 g/mol. The molecule has 0 amide bonds. The number of rotatable bonds is 4. The van der Waals surface area contributed by atoms with Crippen molar-refractivity contribution in [3.05, 3.63) is 41.2 Å². The van der Waals surface area contributed by atoms with E-state index in [0.29, 0.717) is 11.5 Å². The van der Waals surface area contributed by atoms with Gasteiger partial charge >= 0.3 is 5.97 Å². The number of carbonyl (C=O) groups is 1. The highest BCUT2D eigenvalue weighted by Gasteiger charge is 2.27. The first-order valence-corrected chi connectivity index (χ1v) is 8.74. The van der Waals surface area contributed by atoms with E-state index in [9.17, 15) is 4.79 Å². The van der Waals surface area contributed by atoms with Gasteiger partial charge in [-0.05, 0) is 43.4 Å². The van der Waals surface area contributed by atoms with Crippen LogP contribution < -0.4 is 5.73 Å². The Kier molecular flexibility index (Phi) is 4.93. The largest absolute Gasteiger partial charge is 0.465 e. The standard InChI is InChI=1S/C20H25N3O2/c1-4-22-16(12-21)19-18(13-7-5-6-8-13)15-10-9-14(20(24)25-3)11-17(15)23(19)2/h4,9-13H,5-8,21H2,1-3H3/b16-12-,22-4?. The zero-order chi connectivity index (χ0) is 18.0. The van der Waals surface area contributed by atoms with Crippen molar-refractivity contribution in [3.8, 4) is 0 Å². The Morgan fingerprint density at radius 1 is 1.36 bits per heavy atom. The highest BCUT2D eigenvalue weighted by atomic mass is 16.5. The van der Waals surface area contributed by atoms with Gasteiger partial charge in [0.25, 0.3) is 0 Å². The molecule has 2 aromatic rings. The van der Waals surface area contributed by atoms with Gasteiger partial charge in [-0.3, -0.25) is 4.99 Å². The summed E-state index contributed by atoms with van der Waals surface area (Å²) in [5.74, 6) is 0.179. The van der Waals surface area contributed by atoms with Crippen LogP contribution >= 0.6 is 0 Å². The summed E-state index contributed by atoms with van der Waals surface area (Å²) in [4.78, 5) is 16.4. The van der Waals surface area contributed by atoms with Crippen molar-refractivity contribution in [2.24, 2.45) is 17.8 Å². The number of aromatic nitrogens is 1. The lowest BCUT2D eigenvalue weighted by Gasteiger charge is -2.13. The quantitative estimate of drug-likeness (QED) is 0.677. The maximum absolute atomic E-state index is 11.9. The fourth-order valence-corrected chi connectivity index (χ4v) is 3.97. The molecule has 1 aromatic carbocycles. The molecule has 5 heteroatoms. The van der Waals surface area contributed by atoms with Crippen LogP contribution in [0, 0.1) is 0 Å². The number of methoxy groups -OCH3 is 1. The molecule has 1 heterocycles. The van der Waals surface area contributed by atoms with Gasteiger partial charge in [-0.15, -0.1) is 0 Å². The molecular formula is C20H25N3O2. The molecule has 0 radical (unpaired) electrons. The van der Waals surface area contributed by atoms with E-state index in [1.807, 2.05) is 32.2 Å². The third kappa shape index (κ3) is 2.95. The number of nitrogens with two attached hydrogens (primary N) is 1. The number of aliphatic imine (C=N–C) groups is 1. The zero-order valence-electron chi connectivity index (χ0n) is 15.1. The van der Waals surface area contributed by atoms with Crippen molar-refractivity contribution in [2.45, 2.75) is 38.5 Å². The minimum absolute atomic E-state index is 0.326. The number of hydrogen-bond donors (Lipinski definition) is 1. The Morgan fingerprint density at radius 2 is 2.08 bits per heavy atom. The first kappa shape index (κ1) is 17.3. The predicted molar refractivity (Wildman–Crippen MR) is 102 cm³/mol. The molecule has 132 valence electrons. The molecule has 25 heavy (non-hydrogen) atoms. The predicted octanol–water partition coefficient (Wildman–Crippen LogP) is 3.97. The Balaban J connectivity index is 2.29. The summed E-state index contributed by atoms with van der Waals surface area (Å²) in [6.07, 6.45) is 8.18. The minimum atomic E-state index is -0.326. The molecule has 1 saturated carbocycles. The second-order valence-electron chi connectivity index (χ2n) is 6.47. The molecule has 0 aliphatic heterocycles. The number of hydrogen-bond acceptors (Lipinski definition) is 4. The van der Waals surface area contributed by atoms with Gasteiger partial charge in [-0.2, -0.15) is 0 Å². The number of esters is 1. The van der Waals surface area contributed by atoms with Crippen molar-refractivity contribution in [1.82, 2.24) is 4.57 Å². The van der Waals surface area contributed by atoms with Crippen molar-refractivity contribution in [3.63, 3.8) is 0 Å². The molecule has 2 N–H and O–H groups in total. The summed E-state index contributed by atoms with van der Waals surface area (Å²) in [5, 5.41) is 1.17. The first-order valence-electron chi connectivity index (χ1n) is 8.74. The molecular weight excluding hydrogens is 314 g/mol. The number of nitrogens with zero attached hydrogens (tertiary/aromatic N) is 2. The van der Waals surface area contributed by atoms with E-state index in [-0.39, 0.29) is 5.97 Å². The topological polar surface area (TPSA) is 69.6 Å². The lowest BCUT2D eigenvalue weighted by atomic mass is 9.93. The number of ether oxygens (including phenoxy) is 1. The third-order valence-corrected chi connectivity index (χ3v) is 5.09. The lowest BCUT2D eigenvalue weighted by Crippen LogP contribution is -2.03. The van der Waals surface area contributed by atoms with Gasteiger partial charge in [-0.25, -0.2) is 4.79 Å². The maximum Gasteiger partial charge on any atom is 0.337 e. The molecule has 0 saturated heterocycles. The fraction of sp³-hybridized carbons (Fsp3) is 0.400. The molecule has 1 fully saturated rings. The lowest BCUT2D eigenvalue weighted by molar-refractivity contribution is 0.0601. The number of aryl methyl sites for hydroxylation is 1. The van der Waals surface area contributed by atoms with E-state index in [1.54, 1.807) is 12.4 Å². The van der Waals surface area contributed by atoms with Crippen LogP contribution in [-0.4, -0.2) is 23.9 Å². The summed E-state index contributed by atoms with van der Waals surface area (Å²) in [5.41, 5.74) is 10.6. The molecule has 0 unspecified atom stereocenters. The summed E-state index contributed by atoms with van der Waals surface area (Å²) in [6.45, 7) is 1.89. The number of fused-ring (bicyclic) bond motifs is 1. The second kappa shape index (κ2) is 7.13. The van der Waals surface area contributed by atoms with Crippen LogP contribution in [0.5, 0.6) is 0 Å². The maximum atomic E-state index is 11.9. The Bertz CT molecular complexity index is 855. The smallest absolute Gasteiger partial charge is 0.337 e. The van der Waals surface area contributed by atoms with Gasteiger partial charge in [-0.1, -0.05) is 18.9 Å². The van der Waals surface area contributed by atoms with E-state index in [2.05, 4.69) is 9.56 Å². The fourth-order valence-electron chi connectivity index (χ4n) is 3.97. The van der Waals surface area contributed by atoms with Gasteiger partial charge in [0.2, 0.25) is 0 Å². The van der Waals surface area contributed by atoms with E-state index in [4.69, 9.17) is 10.5 Å². The Labute approximate surface area is 148 Å². The average Bonchev–Trinajstić information content (AvgIpc) is 3.25. The monoisotopic (exact) mass is 339 g/mol. The normalized spacial score (nSPS) is 16.2. The molecule has 0 atom stereocenters. The Hall–Kier alpha value is -2.56. The van der Waals surface area contributed by atoms with Gasteiger partial charge in [0, 0.05) is 30.4 Å². The first-order chi connectivity index (χ1) is 12.1. The second-order valence-corrected chi connectivity index (χ2v) is 6.47. The molecule has 1 aliphatic carbocycles. The van der Waals surface area contributed by atoms with Gasteiger partial charge < -0.3 is 15.0 Å². The Morgan fingerprint density at radius 3 is 2.68 bits per heavy atom. The highest BCUT2D eigenvalue weighted by Crippen LogP contribution is 2.43. The number of carbonyl (C=O) groups excluding carboxylic acids is 1. The van der Waals surface area contributed by atoms with E-state index < -0.39 is 0 Å². The van der Waals surface area contributed by atoms with Crippen LogP contribution in [0.15, 0.2) is 29.4 Å². The van der Waals surface area contributed by atoms with Gasteiger partial charge in [0.05, 0.1) is 18.4 Å². The minimum Gasteiger partial charge on any atom is -0.465 e. The molecule has 5 nitrogen and oxygen atoms in total. The van der Waals surface area contributed by atoms with Gasteiger partial charge in [0.1, 0.15) is 5.70 Å². The van der Waals surface area contributed by atoms with E-state index >= 15 is 0 Å². The van der Waals surface area contributed by atoms with Crippen LogP contribution in [-0.2, 0) is 11.8 Å². The van der Waals surface area contributed by atoms with Crippen molar-refractivity contribution >= 4 is 28.8 Å². The zero-order valence-corrected chi connectivity index (χ0v) is 15.1. The van der Waals surface area contributed by atoms with E-state index in [0.717, 1.165) is 16.9 Å². The van der Waals surface area contributed by atoms with Crippen LogP contribution in [0.1, 0.15) is 60.1 Å². The molecule has 0 bridgehead atoms. The molecule has 0 spiro atoms. The van der Waals surface area contributed by atoms with Crippen molar-refractivity contribution in [2.75, 3.05) is 7.11 Å². The number of benzene rings is 1. The molecule has 3 rings (SSSR count). The van der Waals surface area contributed by atoms with Crippen molar-refractivity contribution in [1.29, 1.82) is 0 Å². The summed E-state index contributed by atoms with van der Waals surface area (Å²) in [6, 6.07) is 5.76. The van der Waals surface area contributed by atoms with E-state index in [1.165, 1.54) is 43.7 Å². The molecule has 1 aliphatic rings. The van der Waals surface area contributed by atoms with Gasteiger partial charge in [0.15, 0.2) is 0 Å². The molecule has 1 aromatic heterocycles. The van der Waals surface area contributed by atoms with Crippen LogP contribution in [0.25, 0.3) is 16.6 Å². The summed E-state index contributed by atoms with van der Waals surface area (Å²) >= 11 is 0. The summed E-state index contributed by atoms with van der Waals surface area (Å²) < 4.78 is 6.96. The SMILES string of the molecule is CC=N/C(=C\N)c1c(C2CCCC2)c2ccc(C(=O)OC)cc2n1C. The highest BCUT2D eigenvalue weighted by molar-refractivity contribution is 5.98. The summed E-state index contributed by atoms with van der Waals surface area (Å²) in [7, 11) is 3.41. The van der Waals surface area contributed by atoms with Crippen molar-refractivity contribution < 1.29 is 9.53 Å². The third-order valence-electron chi connectivity index (χ3n) is 5.09.